The van der Waals surface area contributed by atoms with Crippen LogP contribution < -0.4 is 10.6 Å². The summed E-state index contributed by atoms with van der Waals surface area (Å²) in [6.07, 6.45) is 4.00. The first-order valence-electron chi connectivity index (χ1n) is 19.6. The topological polar surface area (TPSA) is 175 Å². The number of H-pyrrole nitrogens is 2. The molecule has 0 radical (unpaired) electrons. The normalized spacial score (nSPS) is 17.8. The molecule has 4 atom stereocenters. The second-order valence-electron chi connectivity index (χ2n) is 15.4. The molecule has 4 N–H and O–H groups in total. The van der Waals surface area contributed by atoms with Crippen LogP contribution in [-0.4, -0.2) is 98.2 Å². The number of fused-ring (bicyclic) bond motifs is 1. The fourth-order valence-corrected chi connectivity index (χ4v) is 8.87. The second-order valence-corrected chi connectivity index (χ2v) is 16.4. The van der Waals surface area contributed by atoms with Crippen LogP contribution in [0, 0.1) is 11.8 Å². The molecule has 2 saturated heterocycles. The summed E-state index contributed by atoms with van der Waals surface area (Å²) in [7, 11) is 2.58. The summed E-state index contributed by atoms with van der Waals surface area (Å²) in [5.74, 6) is 2.13. The van der Waals surface area contributed by atoms with Crippen LogP contribution >= 0.6 is 11.8 Å². The number of carbonyl (C=O) groups is 4. The molecule has 304 valence electrons. The summed E-state index contributed by atoms with van der Waals surface area (Å²) in [5, 5.41) is 7.58. The SMILES string of the molecule is COC(=O)NC(C(=O)N1CCCC1c1ncc(-c2ccc(-c3ccc4cc(-c5cnc(C6CSCN6C(=O)C(NC(=O)OC)C(C)C)[nH]5)ccc4c3)cc2)[nH]1)C(C)C. The van der Waals surface area contributed by atoms with Gasteiger partial charge in [-0.25, -0.2) is 19.6 Å². The molecule has 0 saturated carbocycles. The van der Waals surface area contributed by atoms with E-state index in [1.54, 1.807) is 16.7 Å². The molecule has 4 heterocycles. The lowest BCUT2D eigenvalue weighted by Crippen LogP contribution is -2.51. The number of alkyl carbamates (subject to hydrolysis) is 2. The zero-order valence-corrected chi connectivity index (χ0v) is 34.4. The number of methoxy groups -OCH3 is 2. The van der Waals surface area contributed by atoms with Crippen molar-refractivity contribution in [1.82, 2.24) is 40.4 Å². The Morgan fingerprint density at radius 1 is 0.690 bits per heavy atom. The summed E-state index contributed by atoms with van der Waals surface area (Å²) in [6.45, 7) is 8.19. The number of aromatic nitrogens is 4. The smallest absolute Gasteiger partial charge is 0.407 e. The maximum atomic E-state index is 13.6. The lowest BCUT2D eigenvalue weighted by Gasteiger charge is -2.30. The molecular formula is C43H50N8O6S. The highest BCUT2D eigenvalue weighted by molar-refractivity contribution is 7.99. The molecule has 7 rings (SSSR count). The Morgan fingerprint density at radius 3 is 1.78 bits per heavy atom. The fourth-order valence-electron chi connectivity index (χ4n) is 7.70. The molecule has 0 aliphatic carbocycles. The van der Waals surface area contributed by atoms with E-state index in [0.29, 0.717) is 24.0 Å². The van der Waals surface area contributed by atoms with Crippen LogP contribution in [0.15, 0.2) is 73.1 Å². The van der Waals surface area contributed by atoms with Crippen molar-refractivity contribution in [2.24, 2.45) is 11.8 Å². The third kappa shape index (κ3) is 8.40. The Labute approximate surface area is 341 Å². The Hall–Kier alpha value is -5.83. The van der Waals surface area contributed by atoms with Crippen molar-refractivity contribution < 1.29 is 28.7 Å². The van der Waals surface area contributed by atoms with E-state index in [4.69, 9.17) is 14.5 Å². The average molecular weight is 807 g/mol. The monoisotopic (exact) mass is 806 g/mol. The summed E-state index contributed by atoms with van der Waals surface area (Å²) in [5.41, 5.74) is 5.86. The molecule has 0 spiro atoms. The van der Waals surface area contributed by atoms with Gasteiger partial charge in [-0.2, -0.15) is 0 Å². The van der Waals surface area contributed by atoms with Gasteiger partial charge in [0.25, 0.3) is 0 Å². The van der Waals surface area contributed by atoms with Crippen LogP contribution in [0.5, 0.6) is 0 Å². The number of nitrogens with one attached hydrogen (secondary N) is 4. The van der Waals surface area contributed by atoms with Crippen molar-refractivity contribution in [1.29, 1.82) is 0 Å². The molecule has 5 aromatic rings. The average Bonchev–Trinajstić information content (AvgIpc) is 4.07. The van der Waals surface area contributed by atoms with Gasteiger partial charge in [0, 0.05) is 17.9 Å². The third-order valence-corrected chi connectivity index (χ3v) is 12.0. The number of rotatable bonds is 11. The molecule has 4 unspecified atom stereocenters. The minimum absolute atomic E-state index is 0.105. The number of amides is 4. The van der Waals surface area contributed by atoms with Gasteiger partial charge in [0.15, 0.2) is 0 Å². The summed E-state index contributed by atoms with van der Waals surface area (Å²) in [6, 6.07) is 19.2. The quantitative estimate of drug-likeness (QED) is 0.107. The third-order valence-electron chi connectivity index (χ3n) is 11.0. The number of aromatic amines is 2. The van der Waals surface area contributed by atoms with E-state index < -0.39 is 24.3 Å². The molecule has 14 nitrogen and oxygen atoms in total. The Bertz CT molecular complexity index is 2290. The number of benzene rings is 3. The van der Waals surface area contributed by atoms with Crippen LogP contribution in [0.2, 0.25) is 0 Å². The zero-order chi connectivity index (χ0) is 41.1. The van der Waals surface area contributed by atoms with E-state index in [-0.39, 0.29) is 35.7 Å². The van der Waals surface area contributed by atoms with Crippen molar-refractivity contribution in [2.45, 2.75) is 64.7 Å². The molecule has 2 aliphatic heterocycles. The van der Waals surface area contributed by atoms with Crippen LogP contribution in [-0.2, 0) is 19.1 Å². The van der Waals surface area contributed by atoms with Crippen molar-refractivity contribution in [2.75, 3.05) is 32.4 Å². The minimum atomic E-state index is -0.701. The van der Waals surface area contributed by atoms with E-state index >= 15 is 0 Å². The minimum Gasteiger partial charge on any atom is -0.453 e. The first kappa shape index (κ1) is 40.4. The lowest BCUT2D eigenvalue weighted by atomic mass is 9.98. The zero-order valence-electron chi connectivity index (χ0n) is 33.6. The Balaban J connectivity index is 1.02. The van der Waals surface area contributed by atoms with Gasteiger partial charge in [-0.05, 0) is 64.3 Å². The highest BCUT2D eigenvalue weighted by atomic mass is 32.2. The molecule has 3 aromatic carbocycles. The van der Waals surface area contributed by atoms with E-state index in [2.05, 4.69) is 86.2 Å². The van der Waals surface area contributed by atoms with Gasteiger partial charge < -0.3 is 39.9 Å². The molecular weight excluding hydrogens is 757 g/mol. The van der Waals surface area contributed by atoms with Crippen molar-refractivity contribution >= 4 is 46.5 Å². The van der Waals surface area contributed by atoms with Gasteiger partial charge in [0.2, 0.25) is 11.8 Å². The van der Waals surface area contributed by atoms with Crippen molar-refractivity contribution in [3.8, 4) is 33.6 Å². The van der Waals surface area contributed by atoms with Gasteiger partial charge in [-0.3, -0.25) is 9.59 Å². The molecule has 2 aliphatic rings. The first-order valence-corrected chi connectivity index (χ1v) is 20.7. The predicted octanol–water partition coefficient (Wildman–Crippen LogP) is 7.29. The van der Waals surface area contributed by atoms with Crippen LogP contribution in [0.1, 0.15) is 64.3 Å². The summed E-state index contributed by atoms with van der Waals surface area (Å²) in [4.78, 5) is 70.9. The summed E-state index contributed by atoms with van der Waals surface area (Å²) < 4.78 is 9.52. The van der Waals surface area contributed by atoms with Gasteiger partial charge >= 0.3 is 12.2 Å². The summed E-state index contributed by atoms with van der Waals surface area (Å²) >= 11 is 1.65. The van der Waals surface area contributed by atoms with Gasteiger partial charge in [0.05, 0.1) is 56.0 Å². The highest BCUT2D eigenvalue weighted by Crippen LogP contribution is 2.36. The van der Waals surface area contributed by atoms with Gasteiger partial charge in [-0.1, -0.05) is 76.2 Å². The molecule has 58 heavy (non-hydrogen) atoms. The number of likely N-dealkylation sites (tertiary alicyclic amines) is 1. The lowest BCUT2D eigenvalue weighted by molar-refractivity contribution is -0.136. The second kappa shape index (κ2) is 17.3. The van der Waals surface area contributed by atoms with Crippen molar-refractivity contribution in [3.05, 3.63) is 84.7 Å². The van der Waals surface area contributed by atoms with Gasteiger partial charge in [0.1, 0.15) is 23.7 Å². The number of thioether (sulfide) groups is 1. The molecule has 2 fully saturated rings. The van der Waals surface area contributed by atoms with E-state index in [9.17, 15) is 19.2 Å². The van der Waals surface area contributed by atoms with Crippen LogP contribution in [0.4, 0.5) is 9.59 Å². The standard InChI is InChI=1S/C43H50N8O6S/c1-24(2)36(48-42(54)56-5)40(52)50-17-7-8-34(50)38-44-20-32(46-38)27-11-9-26(10-12-27)28-13-14-30-19-31(16-15-29(30)18-28)33-21-45-39(47-33)35-22-58-23-51(35)41(53)37(25(3)4)49-43(55)57-6/h9-16,18-21,24-25,34-37H,7-8,17,22-23H2,1-6H3,(H,44,46)(H,45,47)(H,48,54)(H,49,55). The predicted molar refractivity (Wildman–Crippen MR) is 223 cm³/mol. The van der Waals surface area contributed by atoms with Crippen LogP contribution in [0.3, 0.4) is 0 Å². The number of carbonyl (C=O) groups excluding carboxylic acids is 4. The van der Waals surface area contributed by atoms with Crippen LogP contribution in [0.25, 0.3) is 44.4 Å². The van der Waals surface area contributed by atoms with E-state index in [1.807, 2.05) is 45.0 Å². The van der Waals surface area contributed by atoms with Crippen molar-refractivity contribution in [3.63, 3.8) is 0 Å². The molecule has 4 amide bonds. The maximum absolute atomic E-state index is 13.6. The van der Waals surface area contributed by atoms with E-state index in [1.165, 1.54) is 14.2 Å². The molecule has 2 aromatic heterocycles. The Morgan fingerprint density at radius 2 is 1.19 bits per heavy atom. The molecule has 15 heteroatoms. The maximum Gasteiger partial charge on any atom is 0.407 e. The number of ether oxygens (including phenoxy) is 2. The van der Waals surface area contributed by atoms with Gasteiger partial charge in [-0.15, -0.1) is 11.8 Å². The fraction of sp³-hybridized carbons (Fsp3) is 0.395. The highest BCUT2D eigenvalue weighted by Gasteiger charge is 2.39. The molecule has 0 bridgehead atoms. The number of hydrogen-bond donors (Lipinski definition) is 4. The van der Waals surface area contributed by atoms with E-state index in [0.717, 1.165) is 63.1 Å². The Kier molecular flexibility index (Phi) is 12.1. The number of imidazole rings is 2. The number of hydrogen-bond acceptors (Lipinski definition) is 9. The largest absolute Gasteiger partial charge is 0.453 e. The number of nitrogens with zero attached hydrogens (tertiary/aromatic N) is 4. The first-order chi connectivity index (χ1) is 27.9.